The van der Waals surface area contributed by atoms with Crippen molar-refractivity contribution >= 4 is 23.4 Å². The van der Waals surface area contributed by atoms with E-state index >= 15 is 0 Å². The summed E-state index contributed by atoms with van der Waals surface area (Å²) in [5, 5.41) is 0. The van der Waals surface area contributed by atoms with Crippen LogP contribution in [-0.4, -0.2) is 60.2 Å². The molecule has 7 heteroatoms. The monoisotopic (exact) mass is 395 g/mol. The van der Waals surface area contributed by atoms with Gasteiger partial charge in [0.1, 0.15) is 5.82 Å². The van der Waals surface area contributed by atoms with Crippen LogP contribution in [0.15, 0.2) is 54.6 Å². The third-order valence-corrected chi connectivity index (χ3v) is 5.52. The van der Waals surface area contributed by atoms with Crippen LogP contribution in [-0.2, 0) is 9.59 Å². The fourth-order valence-electron chi connectivity index (χ4n) is 3.93. The highest BCUT2D eigenvalue weighted by atomic mass is 19.1. The van der Waals surface area contributed by atoms with E-state index < -0.39 is 11.7 Å². The molecule has 4 rings (SSSR count). The van der Waals surface area contributed by atoms with E-state index in [0.717, 1.165) is 0 Å². The van der Waals surface area contributed by atoms with E-state index in [9.17, 15) is 18.8 Å². The molecule has 3 amide bonds. The quantitative estimate of drug-likeness (QED) is 0.800. The molecule has 2 aliphatic heterocycles. The number of benzene rings is 2. The topological polar surface area (TPSA) is 60.9 Å². The van der Waals surface area contributed by atoms with Gasteiger partial charge in [-0.3, -0.25) is 14.4 Å². The first-order valence-corrected chi connectivity index (χ1v) is 9.72. The lowest BCUT2D eigenvalue weighted by Gasteiger charge is -2.36. The van der Waals surface area contributed by atoms with Crippen LogP contribution in [0.4, 0.5) is 10.1 Å². The predicted octanol–water partition coefficient (Wildman–Crippen LogP) is 2.16. The second-order valence-corrected chi connectivity index (χ2v) is 7.34. The smallest absolute Gasteiger partial charge is 0.253 e. The number of para-hydroxylation sites is 1. The van der Waals surface area contributed by atoms with Crippen molar-refractivity contribution in [1.82, 2.24) is 9.80 Å². The van der Waals surface area contributed by atoms with Gasteiger partial charge in [-0.05, 0) is 24.3 Å². The second kappa shape index (κ2) is 8.03. The summed E-state index contributed by atoms with van der Waals surface area (Å²) in [6.45, 7) is 1.96. The summed E-state index contributed by atoms with van der Waals surface area (Å²) in [5.74, 6) is -1.35. The first kappa shape index (κ1) is 19.1. The molecule has 0 saturated carbocycles. The van der Waals surface area contributed by atoms with Crippen molar-refractivity contribution in [2.45, 2.75) is 6.42 Å². The molecular formula is C22H22FN3O3. The van der Waals surface area contributed by atoms with Gasteiger partial charge in [0.15, 0.2) is 0 Å². The molecule has 6 nitrogen and oxygen atoms in total. The van der Waals surface area contributed by atoms with Gasteiger partial charge >= 0.3 is 0 Å². The van der Waals surface area contributed by atoms with Gasteiger partial charge in [0, 0.05) is 44.7 Å². The molecule has 2 saturated heterocycles. The average Bonchev–Trinajstić information content (AvgIpc) is 3.15. The van der Waals surface area contributed by atoms with Gasteiger partial charge in [0.25, 0.3) is 5.91 Å². The number of halogens is 1. The Morgan fingerprint density at radius 2 is 1.48 bits per heavy atom. The van der Waals surface area contributed by atoms with Crippen LogP contribution < -0.4 is 4.90 Å². The Kier molecular flexibility index (Phi) is 5.29. The molecule has 0 radical (unpaired) electrons. The molecule has 0 unspecified atom stereocenters. The van der Waals surface area contributed by atoms with Gasteiger partial charge in [-0.15, -0.1) is 0 Å². The SMILES string of the molecule is O=C(c1ccccc1)N1CCN(C(=O)[C@H]2CC(=O)N(c3ccccc3F)C2)CC1. The second-order valence-electron chi connectivity index (χ2n) is 7.34. The number of piperazine rings is 1. The number of carbonyl (C=O) groups excluding carboxylic acids is 3. The van der Waals surface area contributed by atoms with Gasteiger partial charge in [0.05, 0.1) is 11.6 Å². The Morgan fingerprint density at radius 3 is 2.17 bits per heavy atom. The number of amides is 3. The van der Waals surface area contributed by atoms with Crippen molar-refractivity contribution in [3.8, 4) is 0 Å². The van der Waals surface area contributed by atoms with E-state index in [4.69, 9.17) is 0 Å². The van der Waals surface area contributed by atoms with Crippen molar-refractivity contribution in [2.75, 3.05) is 37.6 Å². The molecule has 2 fully saturated rings. The summed E-state index contributed by atoms with van der Waals surface area (Å²) in [6.07, 6.45) is 0.0797. The lowest BCUT2D eigenvalue weighted by atomic mass is 10.1. The van der Waals surface area contributed by atoms with E-state index in [2.05, 4.69) is 0 Å². The summed E-state index contributed by atoms with van der Waals surface area (Å²) in [6, 6.07) is 15.2. The van der Waals surface area contributed by atoms with Crippen LogP contribution in [0.2, 0.25) is 0 Å². The fourth-order valence-corrected chi connectivity index (χ4v) is 3.93. The van der Waals surface area contributed by atoms with Crippen molar-refractivity contribution in [1.29, 1.82) is 0 Å². The first-order valence-electron chi connectivity index (χ1n) is 9.72. The minimum atomic E-state index is -0.488. The summed E-state index contributed by atoms with van der Waals surface area (Å²) in [4.78, 5) is 42.6. The molecule has 2 aromatic carbocycles. The summed E-state index contributed by atoms with van der Waals surface area (Å²) in [5.41, 5.74) is 0.847. The predicted molar refractivity (Wildman–Crippen MR) is 106 cm³/mol. The minimum Gasteiger partial charge on any atom is -0.339 e. The molecular weight excluding hydrogens is 373 g/mol. The maximum atomic E-state index is 14.0. The maximum Gasteiger partial charge on any atom is 0.253 e. The zero-order valence-electron chi connectivity index (χ0n) is 16.0. The molecule has 1 atom stereocenters. The largest absolute Gasteiger partial charge is 0.339 e. The number of anilines is 1. The highest BCUT2D eigenvalue weighted by Crippen LogP contribution is 2.28. The van der Waals surface area contributed by atoms with E-state index in [1.54, 1.807) is 40.1 Å². The highest BCUT2D eigenvalue weighted by molar-refractivity contribution is 6.00. The summed E-state index contributed by atoms with van der Waals surface area (Å²) < 4.78 is 14.0. The molecule has 0 aromatic heterocycles. The average molecular weight is 395 g/mol. The Balaban J connectivity index is 1.36. The Hall–Kier alpha value is -3.22. The van der Waals surface area contributed by atoms with Crippen molar-refractivity contribution in [3.63, 3.8) is 0 Å². The highest BCUT2D eigenvalue weighted by Gasteiger charge is 2.39. The van der Waals surface area contributed by atoms with Gasteiger partial charge < -0.3 is 14.7 Å². The molecule has 29 heavy (non-hydrogen) atoms. The Labute approximate surface area is 168 Å². The lowest BCUT2D eigenvalue weighted by Crippen LogP contribution is -2.52. The zero-order valence-corrected chi connectivity index (χ0v) is 16.0. The van der Waals surface area contributed by atoms with Gasteiger partial charge in [0.2, 0.25) is 11.8 Å². The van der Waals surface area contributed by atoms with Crippen LogP contribution in [0.25, 0.3) is 0 Å². The molecule has 0 bridgehead atoms. The van der Waals surface area contributed by atoms with Crippen molar-refractivity contribution in [3.05, 3.63) is 66.0 Å². The Morgan fingerprint density at radius 1 is 0.862 bits per heavy atom. The standard InChI is InChI=1S/C22H22FN3O3/c23-18-8-4-5-9-19(18)26-15-17(14-20(26)27)22(29)25-12-10-24(11-13-25)21(28)16-6-2-1-3-7-16/h1-9,17H,10-15H2/t17-/m0/s1. The number of nitrogens with zero attached hydrogens (tertiary/aromatic N) is 3. The third-order valence-electron chi connectivity index (χ3n) is 5.52. The molecule has 0 aliphatic carbocycles. The molecule has 0 N–H and O–H groups in total. The molecule has 150 valence electrons. The number of carbonyl (C=O) groups is 3. The molecule has 2 heterocycles. The van der Waals surface area contributed by atoms with E-state index in [-0.39, 0.29) is 36.4 Å². The fraction of sp³-hybridized carbons (Fsp3) is 0.318. The minimum absolute atomic E-state index is 0.0422. The molecule has 2 aromatic rings. The number of rotatable bonds is 3. The van der Waals surface area contributed by atoms with Gasteiger partial charge in [-0.1, -0.05) is 30.3 Å². The van der Waals surface area contributed by atoms with Crippen LogP contribution in [0.5, 0.6) is 0 Å². The molecule has 0 spiro atoms. The van der Waals surface area contributed by atoms with Crippen molar-refractivity contribution in [2.24, 2.45) is 5.92 Å². The number of hydrogen-bond acceptors (Lipinski definition) is 3. The zero-order chi connectivity index (χ0) is 20.4. The van der Waals surface area contributed by atoms with Gasteiger partial charge in [-0.25, -0.2) is 4.39 Å². The van der Waals surface area contributed by atoms with Crippen LogP contribution in [0.1, 0.15) is 16.8 Å². The van der Waals surface area contributed by atoms with Crippen LogP contribution in [0, 0.1) is 11.7 Å². The maximum absolute atomic E-state index is 14.0. The van der Waals surface area contributed by atoms with E-state index in [0.29, 0.717) is 31.7 Å². The summed E-state index contributed by atoms with van der Waals surface area (Å²) in [7, 11) is 0. The summed E-state index contributed by atoms with van der Waals surface area (Å²) >= 11 is 0. The third kappa shape index (κ3) is 3.85. The normalized spacial score (nSPS) is 19.6. The number of hydrogen-bond donors (Lipinski definition) is 0. The first-order chi connectivity index (χ1) is 14.0. The van der Waals surface area contributed by atoms with Gasteiger partial charge in [-0.2, -0.15) is 0 Å². The molecule has 2 aliphatic rings. The Bertz CT molecular complexity index is 926. The van der Waals surface area contributed by atoms with Crippen molar-refractivity contribution < 1.29 is 18.8 Å². The van der Waals surface area contributed by atoms with E-state index in [1.807, 2.05) is 18.2 Å². The van der Waals surface area contributed by atoms with E-state index in [1.165, 1.54) is 11.0 Å². The van der Waals surface area contributed by atoms with Crippen LogP contribution in [0.3, 0.4) is 0 Å². The lowest BCUT2D eigenvalue weighted by molar-refractivity contribution is -0.137. The van der Waals surface area contributed by atoms with Crippen LogP contribution >= 0.6 is 0 Å².